The van der Waals surface area contributed by atoms with Crippen molar-refractivity contribution in [2.75, 3.05) is 34.4 Å². The summed E-state index contributed by atoms with van der Waals surface area (Å²) < 4.78 is 4.91. The van der Waals surface area contributed by atoms with Crippen molar-refractivity contribution in [3.05, 3.63) is 73.4 Å². The van der Waals surface area contributed by atoms with Gasteiger partial charge in [-0.1, -0.05) is 11.2 Å². The van der Waals surface area contributed by atoms with E-state index in [4.69, 9.17) is 9.57 Å². The predicted octanol–water partition coefficient (Wildman–Crippen LogP) is 1.73. The van der Waals surface area contributed by atoms with Crippen molar-refractivity contribution < 1.29 is 44.1 Å². The van der Waals surface area contributed by atoms with Gasteiger partial charge in [0.15, 0.2) is 23.1 Å². The highest BCUT2D eigenvalue weighted by Gasteiger charge is 2.61. The van der Waals surface area contributed by atoms with E-state index in [0.29, 0.717) is 24.1 Å². The first kappa shape index (κ1) is 27.8. The van der Waals surface area contributed by atoms with E-state index in [9.17, 15) is 39.3 Å². The molecule has 0 fully saturated rings. The van der Waals surface area contributed by atoms with Gasteiger partial charge in [0.05, 0.1) is 46.7 Å². The van der Waals surface area contributed by atoms with Crippen molar-refractivity contribution in [3.8, 4) is 17.2 Å². The Balaban J connectivity index is 1.48. The Morgan fingerprint density at radius 1 is 0.977 bits per heavy atom. The number of methoxy groups -OCH3 is 1. The van der Waals surface area contributed by atoms with Crippen molar-refractivity contribution in [3.63, 3.8) is 0 Å². The number of allylic oxidation sites excluding steroid dienone is 2. The number of ether oxygens (including phenoxy) is 1. The maximum absolute atomic E-state index is 14.1. The van der Waals surface area contributed by atoms with Crippen molar-refractivity contribution in [2.45, 2.75) is 18.3 Å². The number of nitrogens with zero attached hydrogens (tertiary/aromatic N) is 2. The number of H-pyrrole nitrogens is 1. The molecular weight excluding hydrogens is 562 g/mol. The molecule has 6 rings (SSSR count). The summed E-state index contributed by atoms with van der Waals surface area (Å²) in [4.78, 5) is 76.6. The Hall–Kier alpha value is -5.30. The zero-order chi connectivity index (χ0) is 31.0. The van der Waals surface area contributed by atoms with Gasteiger partial charge in [-0.05, 0) is 44.0 Å². The number of hydrogen-bond donors (Lipinski definition) is 4. The fourth-order valence-corrected chi connectivity index (χ4v) is 6.20. The molecule has 1 unspecified atom stereocenters. The standard InChI is InChI=1S/C30H25N3O10/c1-33(2)6-7-43-31-11-14-9-13-8-12-4-5-30(22(12)26(38)17(13)29(41)32-14)27(39)20-21(28(30)40)25(37)19-18(24(20)36)15(34)10-16(42-3)23(19)35/h8-11,36-38H,4-7H2,1-3H3,(H,32,41)/b31-11+. The number of oxime groups is 1. The third kappa shape index (κ3) is 3.74. The van der Waals surface area contributed by atoms with E-state index in [1.165, 1.54) is 6.21 Å². The summed E-state index contributed by atoms with van der Waals surface area (Å²) in [7, 11) is 4.89. The molecule has 43 heavy (non-hydrogen) atoms. The third-order valence-electron chi connectivity index (χ3n) is 8.16. The Morgan fingerprint density at radius 3 is 2.30 bits per heavy atom. The van der Waals surface area contributed by atoms with Gasteiger partial charge in [0, 0.05) is 18.2 Å². The number of ketones is 4. The van der Waals surface area contributed by atoms with E-state index < -0.39 is 79.4 Å². The molecule has 0 aliphatic heterocycles. The number of Topliss-reactive ketones (excluding diaryl/α,β-unsaturated/α-hetero) is 3. The number of aryl methyl sites for hydroxylation is 1. The fourth-order valence-electron chi connectivity index (χ4n) is 6.20. The molecule has 3 aromatic rings. The van der Waals surface area contributed by atoms with Crippen LogP contribution in [0.25, 0.3) is 10.8 Å². The number of phenols is 3. The van der Waals surface area contributed by atoms with Crippen LogP contribution in [0, 0.1) is 0 Å². The minimum atomic E-state index is -2.11. The summed E-state index contributed by atoms with van der Waals surface area (Å²) in [6.45, 7) is 0.952. The zero-order valence-corrected chi connectivity index (χ0v) is 23.2. The van der Waals surface area contributed by atoms with Crippen LogP contribution in [0.3, 0.4) is 0 Å². The van der Waals surface area contributed by atoms with Crippen LogP contribution in [0.4, 0.5) is 0 Å². The predicted molar refractivity (Wildman–Crippen MR) is 151 cm³/mol. The molecule has 1 atom stereocenters. The number of aromatic nitrogens is 1. The van der Waals surface area contributed by atoms with E-state index in [1.807, 2.05) is 19.0 Å². The van der Waals surface area contributed by atoms with Crippen LogP contribution >= 0.6 is 0 Å². The third-order valence-corrected chi connectivity index (χ3v) is 8.16. The van der Waals surface area contributed by atoms with Gasteiger partial charge in [-0.25, -0.2) is 0 Å². The molecule has 13 nitrogen and oxygen atoms in total. The molecule has 1 heterocycles. The Kier molecular flexibility index (Phi) is 6.24. The quantitative estimate of drug-likeness (QED) is 0.108. The van der Waals surface area contributed by atoms with Crippen LogP contribution in [0.15, 0.2) is 33.9 Å². The number of nitrogens with one attached hydrogen (secondary N) is 1. The lowest BCUT2D eigenvalue weighted by Gasteiger charge is -2.22. The molecule has 0 saturated carbocycles. The maximum atomic E-state index is 14.1. The van der Waals surface area contributed by atoms with Gasteiger partial charge >= 0.3 is 0 Å². The number of phenolic OH excluding ortho intramolecular Hbond substituents is 3. The largest absolute Gasteiger partial charge is 0.507 e. The zero-order valence-electron chi connectivity index (χ0n) is 23.2. The van der Waals surface area contributed by atoms with Crippen molar-refractivity contribution in [1.82, 2.24) is 9.88 Å². The Morgan fingerprint density at radius 2 is 1.65 bits per heavy atom. The summed E-state index contributed by atoms with van der Waals surface area (Å²) >= 11 is 0. The molecule has 0 radical (unpaired) electrons. The minimum absolute atomic E-state index is 0.128. The van der Waals surface area contributed by atoms with Gasteiger partial charge in [0.25, 0.3) is 5.56 Å². The van der Waals surface area contributed by atoms with Crippen LogP contribution in [0.5, 0.6) is 17.2 Å². The van der Waals surface area contributed by atoms with Gasteiger partial charge in [-0.3, -0.25) is 24.0 Å². The number of rotatable bonds is 6. The average molecular weight is 588 g/mol. The van der Waals surface area contributed by atoms with Crippen LogP contribution < -0.4 is 5.56 Å². The fraction of sp³-hybridized carbons (Fsp3) is 0.267. The normalized spacial score (nSPS) is 19.0. The van der Waals surface area contributed by atoms with Crippen LogP contribution in [0.2, 0.25) is 0 Å². The SMILES string of the molecule is COC1=CC(=O)c2c(O)c3c(c(O)c2C1=O)C(=O)C1(CCc2cc4cc(/C=N/OCCN(C)C)[nH]c(=O)c4c(O)c21)C3=O. The first-order valence-corrected chi connectivity index (χ1v) is 13.2. The number of fused-ring (bicyclic) bond motifs is 5. The molecule has 3 aliphatic rings. The first-order valence-electron chi connectivity index (χ1n) is 13.2. The molecule has 13 heteroatoms. The number of pyridine rings is 1. The molecule has 1 aromatic heterocycles. The summed E-state index contributed by atoms with van der Waals surface area (Å²) in [5.41, 5.74) is -4.82. The summed E-state index contributed by atoms with van der Waals surface area (Å²) in [5, 5.41) is 37.6. The summed E-state index contributed by atoms with van der Waals surface area (Å²) in [5.74, 6) is -6.69. The Bertz CT molecular complexity index is 1950. The molecule has 220 valence electrons. The Labute approximate surface area is 242 Å². The highest BCUT2D eigenvalue weighted by Crippen LogP contribution is 2.57. The number of benzene rings is 2. The molecule has 0 bridgehead atoms. The number of carbonyl (C=O) groups excluding carboxylic acids is 4. The minimum Gasteiger partial charge on any atom is -0.507 e. The number of likely N-dealkylation sites (N-methyl/N-ethyl adjacent to an activating group) is 1. The molecule has 2 aromatic carbocycles. The molecule has 0 amide bonds. The summed E-state index contributed by atoms with van der Waals surface area (Å²) in [6.07, 6.45) is 2.10. The second-order valence-corrected chi connectivity index (χ2v) is 10.8. The van der Waals surface area contributed by atoms with E-state index in [0.717, 1.165) is 13.2 Å². The van der Waals surface area contributed by atoms with E-state index in [1.54, 1.807) is 12.1 Å². The lowest BCUT2D eigenvalue weighted by atomic mass is 9.76. The smallest absolute Gasteiger partial charge is 0.260 e. The molecular formula is C30H25N3O10. The average Bonchev–Trinajstić information content (AvgIpc) is 3.44. The van der Waals surface area contributed by atoms with Gasteiger partial charge in [0.2, 0.25) is 5.78 Å². The molecule has 0 saturated heterocycles. The first-order chi connectivity index (χ1) is 20.4. The highest BCUT2D eigenvalue weighted by molar-refractivity contribution is 6.38. The topological polar surface area (TPSA) is 196 Å². The second-order valence-electron chi connectivity index (χ2n) is 10.8. The van der Waals surface area contributed by atoms with Crippen LogP contribution in [-0.4, -0.2) is 88.9 Å². The number of carbonyl (C=O) groups is 4. The van der Waals surface area contributed by atoms with Crippen molar-refractivity contribution in [1.29, 1.82) is 0 Å². The van der Waals surface area contributed by atoms with Crippen molar-refractivity contribution >= 4 is 40.1 Å². The van der Waals surface area contributed by atoms with Gasteiger partial charge in [0.1, 0.15) is 29.3 Å². The number of aromatic hydroxyl groups is 3. The molecule has 4 N–H and O–H groups in total. The highest BCUT2D eigenvalue weighted by atomic mass is 16.6. The number of hydrogen-bond acceptors (Lipinski definition) is 12. The monoisotopic (exact) mass is 587 g/mol. The van der Waals surface area contributed by atoms with E-state index in [-0.39, 0.29) is 29.5 Å². The van der Waals surface area contributed by atoms with Crippen LogP contribution in [-0.2, 0) is 21.4 Å². The second kappa shape index (κ2) is 9.63. The lowest BCUT2D eigenvalue weighted by Crippen LogP contribution is -2.36. The molecule has 1 spiro atoms. The van der Waals surface area contributed by atoms with E-state index >= 15 is 0 Å². The lowest BCUT2D eigenvalue weighted by molar-refractivity contribution is 0.0790. The van der Waals surface area contributed by atoms with Gasteiger partial charge in [-0.15, -0.1) is 0 Å². The molecule has 3 aliphatic carbocycles. The van der Waals surface area contributed by atoms with Crippen molar-refractivity contribution in [2.24, 2.45) is 5.16 Å². The maximum Gasteiger partial charge on any atom is 0.260 e. The summed E-state index contributed by atoms with van der Waals surface area (Å²) in [6, 6.07) is 3.13. The van der Waals surface area contributed by atoms with E-state index in [2.05, 4.69) is 10.1 Å². The number of aromatic amines is 1. The van der Waals surface area contributed by atoms with Gasteiger partial charge < -0.3 is 34.8 Å². The van der Waals surface area contributed by atoms with Gasteiger partial charge in [-0.2, -0.15) is 0 Å². The van der Waals surface area contributed by atoms with Crippen LogP contribution in [0.1, 0.15) is 64.7 Å².